The molecule has 0 aromatic carbocycles. The number of hydrogen-bond acceptors (Lipinski definition) is 1. The molecule has 1 heteroatoms. The van der Waals surface area contributed by atoms with E-state index < -0.39 is 0 Å². The largest absolute Gasteiger partial charge is 0.370 e. The highest BCUT2D eigenvalue weighted by atomic mass is 16.6. The van der Waals surface area contributed by atoms with Crippen LogP contribution < -0.4 is 0 Å². The van der Waals surface area contributed by atoms with E-state index in [1.807, 2.05) is 0 Å². The average Bonchev–Trinajstić information content (AvgIpc) is 3.20. The summed E-state index contributed by atoms with van der Waals surface area (Å²) in [4.78, 5) is 0. The summed E-state index contributed by atoms with van der Waals surface area (Å²) in [6.07, 6.45) is 22.3. The smallest absolute Gasteiger partial charge is 0.0841 e. The van der Waals surface area contributed by atoms with Gasteiger partial charge in [-0.15, -0.1) is 0 Å². The van der Waals surface area contributed by atoms with Crippen LogP contribution in [0, 0.1) is 0 Å². The highest BCUT2D eigenvalue weighted by molar-refractivity contribution is 4.84. The Morgan fingerprint density at radius 3 is 1.30 bits per heavy atom. The minimum atomic E-state index is 0.640. The van der Waals surface area contributed by atoms with Crippen molar-refractivity contribution in [3.8, 4) is 0 Å². The number of epoxide rings is 1. The highest BCUT2D eigenvalue weighted by Crippen LogP contribution is 2.31. The van der Waals surface area contributed by atoms with Gasteiger partial charge in [0, 0.05) is 0 Å². The van der Waals surface area contributed by atoms with E-state index in [0.29, 0.717) is 12.2 Å². The van der Waals surface area contributed by atoms with Crippen LogP contribution in [0.1, 0.15) is 110 Å². The molecule has 0 radical (unpaired) electrons. The fourth-order valence-electron chi connectivity index (χ4n) is 3.12. The third-order valence-corrected chi connectivity index (χ3v) is 4.62. The zero-order valence-electron chi connectivity index (χ0n) is 14.2. The summed E-state index contributed by atoms with van der Waals surface area (Å²) >= 11 is 0. The van der Waals surface area contributed by atoms with Gasteiger partial charge in [0.05, 0.1) is 12.2 Å². The Labute approximate surface area is 127 Å². The van der Waals surface area contributed by atoms with E-state index in [1.54, 1.807) is 0 Å². The summed E-state index contributed by atoms with van der Waals surface area (Å²) in [5.74, 6) is 0. The SMILES string of the molecule is CCCCCCCCCCC[C@H]1O[C@H]1CCCCCC. The zero-order chi connectivity index (χ0) is 14.5. The van der Waals surface area contributed by atoms with Crippen LogP contribution in [-0.2, 0) is 4.74 Å². The summed E-state index contributed by atoms with van der Waals surface area (Å²) in [6.45, 7) is 4.57. The first-order valence-corrected chi connectivity index (χ1v) is 9.54. The molecule has 1 nitrogen and oxygen atoms in total. The lowest BCUT2D eigenvalue weighted by atomic mass is 10.0. The normalized spacial score (nSPS) is 21.3. The van der Waals surface area contributed by atoms with Crippen LogP contribution in [0.3, 0.4) is 0 Å². The maximum absolute atomic E-state index is 5.77. The van der Waals surface area contributed by atoms with Crippen molar-refractivity contribution in [2.24, 2.45) is 0 Å². The predicted molar refractivity (Wildman–Crippen MR) is 89.3 cm³/mol. The fourth-order valence-corrected chi connectivity index (χ4v) is 3.12. The molecule has 0 N–H and O–H groups in total. The van der Waals surface area contributed by atoms with E-state index in [1.165, 1.54) is 96.3 Å². The van der Waals surface area contributed by atoms with Crippen molar-refractivity contribution >= 4 is 0 Å². The van der Waals surface area contributed by atoms with Crippen LogP contribution in [0.5, 0.6) is 0 Å². The second-order valence-electron chi connectivity index (χ2n) is 6.68. The quantitative estimate of drug-likeness (QED) is 0.242. The number of hydrogen-bond donors (Lipinski definition) is 0. The third-order valence-electron chi connectivity index (χ3n) is 4.62. The maximum atomic E-state index is 5.77. The molecule has 1 fully saturated rings. The van der Waals surface area contributed by atoms with Crippen molar-refractivity contribution in [3.05, 3.63) is 0 Å². The molecule has 1 saturated heterocycles. The first kappa shape index (κ1) is 18.0. The van der Waals surface area contributed by atoms with Crippen LogP contribution in [-0.4, -0.2) is 12.2 Å². The lowest BCUT2D eigenvalue weighted by Gasteiger charge is -2.01. The van der Waals surface area contributed by atoms with Crippen molar-refractivity contribution < 1.29 is 4.74 Å². The standard InChI is InChI=1S/C19H38O/c1-3-5-7-9-10-11-12-13-15-17-19-18(20-19)16-14-8-6-4-2/h18-19H,3-17H2,1-2H3/t18-,19+/m0/s1. The van der Waals surface area contributed by atoms with Gasteiger partial charge in [-0.2, -0.15) is 0 Å². The van der Waals surface area contributed by atoms with E-state index in [4.69, 9.17) is 4.74 Å². The van der Waals surface area contributed by atoms with Gasteiger partial charge in [0.1, 0.15) is 0 Å². The Kier molecular flexibility index (Phi) is 11.4. The van der Waals surface area contributed by atoms with Gasteiger partial charge in [0.25, 0.3) is 0 Å². The van der Waals surface area contributed by atoms with E-state index in [9.17, 15) is 0 Å². The fraction of sp³-hybridized carbons (Fsp3) is 1.00. The molecule has 1 rings (SSSR count). The van der Waals surface area contributed by atoms with Crippen molar-refractivity contribution in [2.75, 3.05) is 0 Å². The lowest BCUT2D eigenvalue weighted by Crippen LogP contribution is -1.94. The molecule has 0 unspecified atom stereocenters. The molecule has 1 aliphatic heterocycles. The Bertz CT molecular complexity index is 202. The van der Waals surface area contributed by atoms with Gasteiger partial charge in [-0.25, -0.2) is 0 Å². The minimum Gasteiger partial charge on any atom is -0.370 e. The molecule has 0 saturated carbocycles. The third kappa shape index (κ3) is 9.80. The number of unbranched alkanes of at least 4 members (excludes halogenated alkanes) is 11. The number of ether oxygens (including phenoxy) is 1. The average molecular weight is 283 g/mol. The summed E-state index contributed by atoms with van der Waals surface area (Å²) in [6, 6.07) is 0. The number of rotatable bonds is 15. The molecule has 0 aromatic rings. The molecular formula is C19H38O. The van der Waals surface area contributed by atoms with E-state index in [2.05, 4.69) is 13.8 Å². The first-order chi connectivity index (χ1) is 9.88. The van der Waals surface area contributed by atoms with E-state index >= 15 is 0 Å². The van der Waals surface area contributed by atoms with Gasteiger partial charge in [-0.1, -0.05) is 97.3 Å². The molecule has 0 spiro atoms. The van der Waals surface area contributed by atoms with Crippen molar-refractivity contribution in [3.63, 3.8) is 0 Å². The lowest BCUT2D eigenvalue weighted by molar-refractivity contribution is 0.348. The van der Waals surface area contributed by atoms with Crippen molar-refractivity contribution in [2.45, 2.75) is 122 Å². The van der Waals surface area contributed by atoms with E-state index in [0.717, 1.165) is 0 Å². The zero-order valence-corrected chi connectivity index (χ0v) is 14.2. The van der Waals surface area contributed by atoms with Crippen LogP contribution in [0.2, 0.25) is 0 Å². The molecule has 1 heterocycles. The van der Waals surface area contributed by atoms with Gasteiger partial charge in [0.15, 0.2) is 0 Å². The second kappa shape index (κ2) is 12.7. The topological polar surface area (TPSA) is 12.5 Å². The summed E-state index contributed by atoms with van der Waals surface area (Å²) in [7, 11) is 0. The van der Waals surface area contributed by atoms with Crippen LogP contribution in [0.15, 0.2) is 0 Å². The van der Waals surface area contributed by atoms with Gasteiger partial charge < -0.3 is 4.74 Å². The van der Waals surface area contributed by atoms with Crippen molar-refractivity contribution in [1.82, 2.24) is 0 Å². The van der Waals surface area contributed by atoms with E-state index in [-0.39, 0.29) is 0 Å². The van der Waals surface area contributed by atoms with Gasteiger partial charge in [-0.3, -0.25) is 0 Å². The molecular weight excluding hydrogens is 244 g/mol. The predicted octanol–water partition coefficient (Wildman–Crippen LogP) is 6.65. The molecule has 0 aromatic heterocycles. The Hall–Kier alpha value is -0.0400. The Morgan fingerprint density at radius 1 is 0.500 bits per heavy atom. The van der Waals surface area contributed by atoms with Gasteiger partial charge in [-0.05, 0) is 12.8 Å². The molecule has 0 amide bonds. The highest BCUT2D eigenvalue weighted by Gasteiger charge is 2.36. The first-order valence-electron chi connectivity index (χ1n) is 9.54. The maximum Gasteiger partial charge on any atom is 0.0841 e. The minimum absolute atomic E-state index is 0.640. The molecule has 0 bridgehead atoms. The van der Waals surface area contributed by atoms with Crippen LogP contribution in [0.4, 0.5) is 0 Å². The summed E-state index contributed by atoms with van der Waals surface area (Å²) in [5.41, 5.74) is 0. The molecule has 20 heavy (non-hydrogen) atoms. The second-order valence-corrected chi connectivity index (χ2v) is 6.68. The monoisotopic (exact) mass is 282 g/mol. The Morgan fingerprint density at radius 2 is 0.850 bits per heavy atom. The summed E-state index contributed by atoms with van der Waals surface area (Å²) in [5, 5.41) is 0. The van der Waals surface area contributed by atoms with Gasteiger partial charge in [0.2, 0.25) is 0 Å². The van der Waals surface area contributed by atoms with Crippen LogP contribution in [0.25, 0.3) is 0 Å². The van der Waals surface area contributed by atoms with Crippen LogP contribution >= 0.6 is 0 Å². The molecule has 2 atom stereocenters. The Balaban J connectivity index is 1.73. The van der Waals surface area contributed by atoms with Gasteiger partial charge >= 0.3 is 0 Å². The molecule has 1 aliphatic rings. The van der Waals surface area contributed by atoms with Crippen molar-refractivity contribution in [1.29, 1.82) is 0 Å². The summed E-state index contributed by atoms with van der Waals surface area (Å²) < 4.78 is 5.77. The molecule has 120 valence electrons. The molecule has 0 aliphatic carbocycles.